The molecule has 0 aliphatic carbocycles. The number of nitrogens with zero attached hydrogens (tertiary/aromatic N) is 3. The van der Waals surface area contributed by atoms with E-state index in [4.69, 9.17) is 27.6 Å². The van der Waals surface area contributed by atoms with Crippen molar-refractivity contribution in [2.45, 2.75) is 11.8 Å². The molecule has 0 aliphatic heterocycles. The molecule has 1 aromatic heterocycles. The number of ether oxygens (including phenoxy) is 1. The van der Waals surface area contributed by atoms with Gasteiger partial charge in [0.05, 0.1) is 11.5 Å². The van der Waals surface area contributed by atoms with Crippen molar-refractivity contribution in [3.8, 4) is 6.01 Å². The maximum atomic E-state index is 11.2. The van der Waals surface area contributed by atoms with Gasteiger partial charge in [0.1, 0.15) is 0 Å². The van der Waals surface area contributed by atoms with Crippen molar-refractivity contribution in [2.75, 3.05) is 30.3 Å². The second-order valence-corrected chi connectivity index (χ2v) is 6.58. The second-order valence-electron chi connectivity index (χ2n) is 4.75. The monoisotopic (exact) mass is 434 g/mol. The van der Waals surface area contributed by atoms with E-state index >= 15 is 0 Å². The van der Waals surface area contributed by atoms with Gasteiger partial charge in [-0.2, -0.15) is 23.4 Å². The highest BCUT2D eigenvalue weighted by molar-refractivity contribution is 7.85. The van der Waals surface area contributed by atoms with Crippen LogP contribution in [0.25, 0.3) is 0 Å². The molecule has 1 heterocycles. The summed E-state index contributed by atoms with van der Waals surface area (Å²) in [6.07, 6.45) is 0. The molecule has 0 amide bonds. The Bertz CT molecular complexity index is 992. The van der Waals surface area contributed by atoms with Crippen LogP contribution in [0.2, 0.25) is 0 Å². The Morgan fingerprint density at radius 2 is 1.82 bits per heavy atom. The van der Waals surface area contributed by atoms with Gasteiger partial charge in [0.25, 0.3) is 10.1 Å². The number of anilines is 3. The Morgan fingerprint density at radius 1 is 1.18 bits per heavy atom. The number of aromatic nitrogens is 3. The van der Waals surface area contributed by atoms with E-state index in [0.717, 1.165) is 0 Å². The van der Waals surface area contributed by atoms with Gasteiger partial charge in [-0.05, 0) is 25.1 Å². The zero-order valence-electron chi connectivity index (χ0n) is 14.6. The quantitative estimate of drug-likeness (QED) is 0.392. The minimum absolute atomic E-state index is 0.112. The van der Waals surface area contributed by atoms with Crippen LogP contribution in [0.15, 0.2) is 29.2 Å². The van der Waals surface area contributed by atoms with E-state index in [2.05, 4.69) is 25.6 Å². The van der Waals surface area contributed by atoms with Crippen molar-refractivity contribution < 1.29 is 30.3 Å². The number of nitrogens with one attached hydrogen (secondary N) is 2. The van der Waals surface area contributed by atoms with E-state index in [9.17, 15) is 8.42 Å². The molecule has 2 rings (SSSR count). The highest BCUT2D eigenvalue weighted by atomic mass is 32.2. The molecule has 0 bridgehead atoms. The first-order valence-corrected chi connectivity index (χ1v) is 10.0. The Kier molecular flexibility index (Phi) is 9.16. The molecule has 0 atom stereocenters. The fourth-order valence-electron chi connectivity index (χ4n) is 1.73. The highest BCUT2D eigenvalue weighted by Crippen LogP contribution is 2.19. The van der Waals surface area contributed by atoms with Gasteiger partial charge in [-0.1, -0.05) is 6.07 Å². The molecule has 0 saturated carbocycles. The van der Waals surface area contributed by atoms with Crippen molar-refractivity contribution >= 4 is 38.3 Å². The molecular formula is C13H18N6O7S2. The predicted molar refractivity (Wildman–Crippen MR) is 97.8 cm³/mol. The summed E-state index contributed by atoms with van der Waals surface area (Å²) in [5.41, 5.74) is 5.81. The first kappa shape index (κ1) is 23.2. The van der Waals surface area contributed by atoms with Gasteiger partial charge in [-0.15, -0.1) is 12.6 Å². The Morgan fingerprint density at radius 3 is 2.39 bits per heavy atom. The second kappa shape index (κ2) is 11.1. The van der Waals surface area contributed by atoms with Crippen molar-refractivity contribution in [3.05, 3.63) is 24.3 Å². The molecule has 154 valence electrons. The van der Waals surface area contributed by atoms with Crippen LogP contribution in [0.1, 0.15) is 6.92 Å². The van der Waals surface area contributed by atoms with Gasteiger partial charge in [0, 0.05) is 18.8 Å². The van der Waals surface area contributed by atoms with Gasteiger partial charge in [-0.3, -0.25) is 4.55 Å². The lowest BCUT2D eigenvalue weighted by Gasteiger charge is -2.10. The van der Waals surface area contributed by atoms with Crippen molar-refractivity contribution in [2.24, 2.45) is 5.73 Å². The number of nitrogens with two attached hydrogens (primary N) is 1. The molecular weight excluding hydrogens is 416 g/mol. The topological polar surface area (TPSA) is 204 Å². The zero-order chi connectivity index (χ0) is 21.2. The summed E-state index contributed by atoms with van der Waals surface area (Å²) in [4.78, 5) is 12.1. The first-order valence-electron chi connectivity index (χ1n) is 7.59. The third-order valence-electron chi connectivity index (χ3n) is 2.70. The molecule has 5 N–H and O–H groups in total. The molecule has 1 aromatic carbocycles. The van der Waals surface area contributed by atoms with E-state index in [0.29, 0.717) is 25.4 Å². The zero-order valence-corrected chi connectivity index (χ0v) is 16.2. The van der Waals surface area contributed by atoms with E-state index in [1.54, 1.807) is 13.0 Å². The minimum Gasteiger partial charge on any atom is -0.464 e. The Labute approximate surface area is 162 Å². The van der Waals surface area contributed by atoms with Crippen LogP contribution in [0, 0.1) is 0 Å². The predicted octanol–water partition coefficient (Wildman–Crippen LogP) is -0.373. The summed E-state index contributed by atoms with van der Waals surface area (Å²) in [6.45, 7) is 3.03. The normalized spacial score (nSPS) is 10.4. The van der Waals surface area contributed by atoms with Crippen LogP contribution in [0.4, 0.5) is 17.6 Å². The third kappa shape index (κ3) is 8.67. The Hall–Kier alpha value is -2.88. The molecule has 0 aliphatic rings. The maximum Gasteiger partial charge on any atom is 0.425 e. The third-order valence-corrected chi connectivity index (χ3v) is 3.55. The van der Waals surface area contributed by atoms with Crippen molar-refractivity contribution in [1.82, 2.24) is 15.0 Å². The lowest BCUT2D eigenvalue weighted by molar-refractivity contribution is 0.312. The summed E-state index contributed by atoms with van der Waals surface area (Å²) >= 11 is 0. The number of rotatable bonds is 8. The van der Waals surface area contributed by atoms with E-state index < -0.39 is 20.7 Å². The van der Waals surface area contributed by atoms with Crippen LogP contribution in [0.3, 0.4) is 0 Å². The fraction of sp³-hybridized carbons (Fsp3) is 0.308. The van der Waals surface area contributed by atoms with Crippen LogP contribution < -0.4 is 21.1 Å². The largest absolute Gasteiger partial charge is 0.464 e. The molecule has 28 heavy (non-hydrogen) atoms. The summed E-state index contributed by atoms with van der Waals surface area (Å²) in [7, 11) is -7.41. The van der Waals surface area contributed by atoms with Crippen molar-refractivity contribution in [3.63, 3.8) is 0 Å². The lowest BCUT2D eigenvalue weighted by Crippen LogP contribution is -2.16. The molecule has 0 saturated heterocycles. The molecule has 0 radical (unpaired) electrons. The lowest BCUT2D eigenvalue weighted by atomic mass is 10.3. The summed E-state index contributed by atoms with van der Waals surface area (Å²) in [5.74, 6) is 0.424. The standard InChI is InChI=1S/C13H18N6O4S.O3S/c1-2-23-13-18-11(15-7-6-14)17-12(19-13)16-9-4-3-5-10(8-9)24(20,21)22;1-4(2)3/h3-5,8H,2,6-7,14H2,1H3,(H,20,21,22)(H2,15,16,17,18,19);. The molecule has 2 aromatic rings. The number of benzene rings is 1. The van der Waals surface area contributed by atoms with Crippen LogP contribution in [-0.2, 0) is 20.7 Å². The SMILES string of the molecule is CCOc1nc(NCCN)nc(Nc2cccc(S(=O)(=O)O)c2)n1.O=S(=O)=O. The molecule has 0 unspecified atom stereocenters. The van der Waals surface area contributed by atoms with Crippen LogP contribution >= 0.6 is 0 Å². The van der Waals surface area contributed by atoms with Gasteiger partial charge < -0.3 is 21.1 Å². The molecule has 0 fully saturated rings. The molecule has 0 spiro atoms. The number of hydrogen-bond donors (Lipinski definition) is 4. The van der Waals surface area contributed by atoms with Gasteiger partial charge >= 0.3 is 16.6 Å². The average Bonchev–Trinajstić information content (AvgIpc) is 2.59. The highest BCUT2D eigenvalue weighted by Gasteiger charge is 2.11. The molecule has 15 heteroatoms. The summed E-state index contributed by atoms with van der Waals surface area (Å²) in [6, 6.07) is 5.72. The van der Waals surface area contributed by atoms with Crippen LogP contribution in [0.5, 0.6) is 6.01 Å². The van der Waals surface area contributed by atoms with Gasteiger partial charge in [0.2, 0.25) is 11.9 Å². The first-order chi connectivity index (χ1) is 13.2. The number of hydrogen-bond acceptors (Lipinski definition) is 12. The average molecular weight is 434 g/mol. The summed E-state index contributed by atoms with van der Waals surface area (Å²) in [5, 5.41) is 5.75. The van der Waals surface area contributed by atoms with E-state index in [1.807, 2.05) is 0 Å². The van der Waals surface area contributed by atoms with Crippen LogP contribution in [-0.4, -0.2) is 60.2 Å². The van der Waals surface area contributed by atoms with E-state index in [-0.39, 0.29) is 22.8 Å². The summed E-state index contributed by atoms with van der Waals surface area (Å²) < 4.78 is 62.1. The smallest absolute Gasteiger partial charge is 0.425 e. The fourth-order valence-corrected chi connectivity index (χ4v) is 2.26. The van der Waals surface area contributed by atoms with Gasteiger partial charge in [0.15, 0.2) is 0 Å². The van der Waals surface area contributed by atoms with Crippen molar-refractivity contribution in [1.29, 1.82) is 0 Å². The van der Waals surface area contributed by atoms with Gasteiger partial charge in [-0.25, -0.2) is 0 Å². The Balaban J connectivity index is 0.000000892. The minimum atomic E-state index is -4.30. The van der Waals surface area contributed by atoms with E-state index in [1.165, 1.54) is 18.2 Å². The maximum absolute atomic E-state index is 11.2. The molecule has 13 nitrogen and oxygen atoms in total.